The standard InChI is InChI=1S/C21H31N3O6/c1-11-17(19(27)29-7)15(22-18(11)13(3)25)10-16(26)24-9-8-14(12(24)2)23-20(28)30-21(4,5)6/h12,14,22H,8-10H2,1-7H3,(H,23,28)/t12-,14+/m0/s1. The van der Waals surface area contributed by atoms with Crippen molar-refractivity contribution in [1.82, 2.24) is 15.2 Å². The number of likely N-dealkylation sites (tertiary alicyclic amines) is 1. The number of hydrogen-bond acceptors (Lipinski definition) is 6. The van der Waals surface area contributed by atoms with Gasteiger partial charge in [-0.15, -0.1) is 0 Å². The zero-order chi connectivity index (χ0) is 22.8. The molecule has 2 rings (SSSR count). The van der Waals surface area contributed by atoms with Crippen LogP contribution in [0.4, 0.5) is 4.79 Å². The molecule has 1 fully saturated rings. The van der Waals surface area contributed by atoms with E-state index in [2.05, 4.69) is 10.3 Å². The second-order valence-corrected chi connectivity index (χ2v) is 8.57. The van der Waals surface area contributed by atoms with E-state index in [1.54, 1.807) is 32.6 Å². The zero-order valence-electron chi connectivity index (χ0n) is 18.7. The molecule has 30 heavy (non-hydrogen) atoms. The maximum Gasteiger partial charge on any atom is 0.407 e. The van der Waals surface area contributed by atoms with Crippen LogP contribution in [0.25, 0.3) is 0 Å². The number of amides is 2. The predicted molar refractivity (Wildman–Crippen MR) is 110 cm³/mol. The van der Waals surface area contributed by atoms with E-state index in [1.165, 1.54) is 14.0 Å². The molecular formula is C21H31N3O6. The normalized spacial score (nSPS) is 18.8. The summed E-state index contributed by atoms with van der Waals surface area (Å²) in [4.78, 5) is 53.7. The lowest BCUT2D eigenvalue weighted by Crippen LogP contribution is -2.46. The van der Waals surface area contributed by atoms with Gasteiger partial charge in [0.05, 0.1) is 30.8 Å². The van der Waals surface area contributed by atoms with Crippen LogP contribution in [0.2, 0.25) is 0 Å². The van der Waals surface area contributed by atoms with Gasteiger partial charge in [0.15, 0.2) is 5.78 Å². The smallest absolute Gasteiger partial charge is 0.407 e. The van der Waals surface area contributed by atoms with Crippen molar-refractivity contribution in [2.45, 2.75) is 72.1 Å². The quantitative estimate of drug-likeness (QED) is 0.557. The molecule has 0 aliphatic carbocycles. The average Bonchev–Trinajstić information content (AvgIpc) is 3.13. The number of hydrogen-bond donors (Lipinski definition) is 2. The summed E-state index contributed by atoms with van der Waals surface area (Å²) in [6.45, 7) is 10.7. The number of carbonyl (C=O) groups excluding carboxylic acids is 4. The fourth-order valence-corrected chi connectivity index (χ4v) is 3.72. The van der Waals surface area contributed by atoms with Gasteiger partial charge in [0.25, 0.3) is 0 Å². The molecule has 0 unspecified atom stereocenters. The van der Waals surface area contributed by atoms with Crippen LogP contribution >= 0.6 is 0 Å². The number of Topliss-reactive ketones (excluding diaryl/α,β-unsaturated/α-hetero) is 1. The summed E-state index contributed by atoms with van der Waals surface area (Å²) >= 11 is 0. The molecule has 9 nitrogen and oxygen atoms in total. The number of ether oxygens (including phenoxy) is 2. The van der Waals surface area contributed by atoms with Gasteiger partial charge in [-0.05, 0) is 46.6 Å². The summed E-state index contributed by atoms with van der Waals surface area (Å²) in [5, 5.41) is 2.82. The number of aromatic nitrogens is 1. The number of nitrogens with one attached hydrogen (secondary N) is 2. The molecule has 1 aromatic rings. The molecule has 0 spiro atoms. The molecule has 0 radical (unpaired) electrons. The fourth-order valence-electron chi connectivity index (χ4n) is 3.72. The molecule has 166 valence electrons. The maximum absolute atomic E-state index is 13.0. The van der Waals surface area contributed by atoms with Crippen LogP contribution in [0.1, 0.15) is 73.1 Å². The Labute approximate surface area is 176 Å². The SMILES string of the molecule is COC(=O)c1c(CC(=O)N2CC[C@@H](NC(=O)OC(C)(C)C)[C@@H]2C)[nH]c(C(C)=O)c1C. The molecule has 1 saturated heterocycles. The van der Waals surface area contributed by atoms with E-state index < -0.39 is 17.7 Å². The Morgan fingerprint density at radius 2 is 1.87 bits per heavy atom. The Morgan fingerprint density at radius 3 is 2.40 bits per heavy atom. The first kappa shape index (κ1) is 23.4. The van der Waals surface area contributed by atoms with Crippen molar-refractivity contribution in [2.75, 3.05) is 13.7 Å². The van der Waals surface area contributed by atoms with Crippen molar-refractivity contribution in [2.24, 2.45) is 0 Å². The highest BCUT2D eigenvalue weighted by atomic mass is 16.6. The first-order valence-corrected chi connectivity index (χ1v) is 9.95. The van der Waals surface area contributed by atoms with Gasteiger partial charge in [0.1, 0.15) is 5.60 Å². The van der Waals surface area contributed by atoms with Crippen molar-refractivity contribution in [3.63, 3.8) is 0 Å². The number of aromatic amines is 1. The lowest BCUT2D eigenvalue weighted by Gasteiger charge is -2.26. The number of nitrogens with zero attached hydrogens (tertiary/aromatic N) is 1. The van der Waals surface area contributed by atoms with Crippen LogP contribution in [0, 0.1) is 6.92 Å². The van der Waals surface area contributed by atoms with Crippen molar-refractivity contribution in [3.05, 3.63) is 22.5 Å². The summed E-state index contributed by atoms with van der Waals surface area (Å²) < 4.78 is 10.1. The number of carbonyl (C=O) groups is 4. The van der Waals surface area contributed by atoms with E-state index in [-0.39, 0.29) is 41.5 Å². The van der Waals surface area contributed by atoms with Crippen LogP contribution in [-0.4, -0.2) is 65.0 Å². The van der Waals surface area contributed by atoms with E-state index in [1.807, 2.05) is 6.92 Å². The average molecular weight is 421 g/mol. The Bertz CT molecular complexity index is 852. The predicted octanol–water partition coefficient (Wildman–Crippen LogP) is 2.37. The first-order chi connectivity index (χ1) is 13.9. The second kappa shape index (κ2) is 8.89. The maximum atomic E-state index is 13.0. The van der Waals surface area contributed by atoms with Crippen molar-refractivity contribution >= 4 is 23.8 Å². The van der Waals surface area contributed by atoms with Gasteiger partial charge in [0.2, 0.25) is 5.91 Å². The Kier molecular flexibility index (Phi) is 6.95. The molecule has 9 heteroatoms. The highest BCUT2D eigenvalue weighted by Crippen LogP contribution is 2.24. The molecule has 1 aliphatic heterocycles. The third kappa shape index (κ3) is 5.20. The number of H-pyrrole nitrogens is 1. The third-order valence-electron chi connectivity index (χ3n) is 5.17. The summed E-state index contributed by atoms with van der Waals surface area (Å²) in [6.07, 6.45) is -0.00624. The second-order valence-electron chi connectivity index (χ2n) is 8.57. The van der Waals surface area contributed by atoms with Crippen LogP contribution in [0.3, 0.4) is 0 Å². The third-order valence-corrected chi connectivity index (χ3v) is 5.17. The monoisotopic (exact) mass is 421 g/mol. The lowest BCUT2D eigenvalue weighted by molar-refractivity contribution is -0.131. The summed E-state index contributed by atoms with van der Waals surface area (Å²) in [7, 11) is 1.25. The minimum absolute atomic E-state index is 0.0813. The summed E-state index contributed by atoms with van der Waals surface area (Å²) in [5.41, 5.74) is 0.718. The van der Waals surface area contributed by atoms with Crippen molar-refractivity contribution < 1.29 is 28.7 Å². The summed E-state index contributed by atoms with van der Waals surface area (Å²) in [6, 6.07) is -0.475. The Hall–Kier alpha value is -2.84. The topological polar surface area (TPSA) is 118 Å². The molecule has 2 amide bonds. The molecule has 2 heterocycles. The number of rotatable bonds is 5. The van der Waals surface area contributed by atoms with Crippen molar-refractivity contribution in [3.8, 4) is 0 Å². The molecule has 2 atom stereocenters. The van der Waals surface area contributed by atoms with Crippen LogP contribution in [0.15, 0.2) is 0 Å². The van der Waals surface area contributed by atoms with Gasteiger partial charge >= 0.3 is 12.1 Å². The van der Waals surface area contributed by atoms with E-state index in [0.29, 0.717) is 24.2 Å². The molecule has 0 aromatic carbocycles. The molecule has 1 aliphatic rings. The number of methoxy groups -OCH3 is 1. The number of esters is 1. The van der Waals surface area contributed by atoms with Crippen molar-refractivity contribution in [1.29, 1.82) is 0 Å². The zero-order valence-corrected chi connectivity index (χ0v) is 18.7. The highest BCUT2D eigenvalue weighted by molar-refractivity contribution is 6.01. The lowest BCUT2D eigenvalue weighted by atomic mass is 10.1. The van der Waals surface area contributed by atoms with Crippen LogP contribution in [0.5, 0.6) is 0 Å². The van der Waals surface area contributed by atoms with Gasteiger partial charge in [-0.3, -0.25) is 9.59 Å². The summed E-state index contributed by atoms with van der Waals surface area (Å²) in [5.74, 6) is -1.04. The molecular weight excluding hydrogens is 390 g/mol. The minimum Gasteiger partial charge on any atom is -0.465 e. The molecule has 0 saturated carbocycles. The fraction of sp³-hybridized carbons (Fsp3) is 0.619. The Balaban J connectivity index is 2.13. The Morgan fingerprint density at radius 1 is 1.23 bits per heavy atom. The van der Waals surface area contributed by atoms with Gasteiger partial charge in [-0.25, -0.2) is 9.59 Å². The first-order valence-electron chi connectivity index (χ1n) is 9.95. The van der Waals surface area contributed by atoms with Gasteiger partial charge in [-0.1, -0.05) is 0 Å². The van der Waals surface area contributed by atoms with E-state index >= 15 is 0 Å². The molecule has 1 aromatic heterocycles. The van der Waals surface area contributed by atoms with Gasteiger partial charge < -0.3 is 24.7 Å². The highest BCUT2D eigenvalue weighted by Gasteiger charge is 2.36. The van der Waals surface area contributed by atoms with E-state index in [9.17, 15) is 19.2 Å². The van der Waals surface area contributed by atoms with E-state index in [4.69, 9.17) is 9.47 Å². The van der Waals surface area contributed by atoms with Crippen LogP contribution in [-0.2, 0) is 20.7 Å². The molecule has 0 bridgehead atoms. The molecule has 2 N–H and O–H groups in total. The largest absolute Gasteiger partial charge is 0.465 e. The minimum atomic E-state index is -0.606. The number of alkyl carbamates (subject to hydrolysis) is 1. The van der Waals surface area contributed by atoms with Crippen LogP contribution < -0.4 is 5.32 Å². The van der Waals surface area contributed by atoms with Gasteiger partial charge in [-0.2, -0.15) is 0 Å². The van der Waals surface area contributed by atoms with E-state index in [0.717, 1.165) is 0 Å². The number of ketones is 1. The van der Waals surface area contributed by atoms with Gasteiger partial charge in [0, 0.05) is 25.2 Å².